The van der Waals surface area contributed by atoms with E-state index in [9.17, 15) is 0 Å². The molecule has 0 spiro atoms. The molecule has 140 valence electrons. The molecule has 0 saturated carbocycles. The van der Waals surface area contributed by atoms with Crippen LogP contribution in [0.5, 0.6) is 0 Å². The number of pyridine rings is 1. The summed E-state index contributed by atoms with van der Waals surface area (Å²) >= 11 is 5.68. The number of furan rings is 1. The Morgan fingerprint density at radius 2 is 2.15 bits per heavy atom. The van der Waals surface area contributed by atoms with E-state index in [1.165, 1.54) is 5.69 Å². The minimum absolute atomic E-state index is 0.00403. The lowest BCUT2D eigenvalue weighted by Gasteiger charge is -2.28. The van der Waals surface area contributed by atoms with Crippen molar-refractivity contribution in [2.24, 2.45) is 0 Å². The first-order chi connectivity index (χ1) is 13.3. The van der Waals surface area contributed by atoms with E-state index in [2.05, 4.69) is 38.1 Å². The lowest BCUT2D eigenvalue weighted by atomic mass is 10.0. The van der Waals surface area contributed by atoms with Crippen LogP contribution < -0.4 is 5.32 Å². The standard InChI is InChI=1S/C20H22N4O2S/c1-25-13-11-23-10-4-8-17(23)19-18(16-7-2-3-9-21-16)22-20(27)24(19)14-15-6-5-12-26-15/h2-10,12,18-19H,11,13-14H2,1H3,(H,22,27)/t18-,19+/m1/s1. The fourth-order valence-corrected chi connectivity index (χ4v) is 3.86. The van der Waals surface area contributed by atoms with Crippen molar-refractivity contribution >= 4 is 17.3 Å². The van der Waals surface area contributed by atoms with Gasteiger partial charge in [0.15, 0.2) is 5.11 Å². The van der Waals surface area contributed by atoms with Crippen LogP contribution in [0.3, 0.4) is 0 Å². The number of ether oxygens (including phenoxy) is 1. The van der Waals surface area contributed by atoms with E-state index >= 15 is 0 Å². The Morgan fingerprint density at radius 1 is 1.22 bits per heavy atom. The molecule has 3 aromatic heterocycles. The predicted octanol–water partition coefficient (Wildman–Crippen LogP) is 3.30. The minimum Gasteiger partial charge on any atom is -0.467 e. The van der Waals surface area contributed by atoms with Gasteiger partial charge >= 0.3 is 0 Å². The number of hydrogen-bond acceptors (Lipinski definition) is 4. The van der Waals surface area contributed by atoms with Gasteiger partial charge in [-0.25, -0.2) is 0 Å². The first kappa shape index (κ1) is 17.8. The van der Waals surface area contributed by atoms with Crippen LogP contribution in [0.2, 0.25) is 0 Å². The van der Waals surface area contributed by atoms with Crippen LogP contribution in [-0.4, -0.2) is 33.3 Å². The number of thiocarbonyl (C=S) groups is 1. The number of methoxy groups -OCH3 is 1. The average molecular weight is 382 g/mol. The van der Waals surface area contributed by atoms with Crippen LogP contribution in [0.4, 0.5) is 0 Å². The smallest absolute Gasteiger partial charge is 0.170 e. The third kappa shape index (κ3) is 3.61. The minimum atomic E-state index is -0.0372. The number of nitrogens with one attached hydrogen (secondary N) is 1. The van der Waals surface area contributed by atoms with Gasteiger partial charge in [-0.15, -0.1) is 0 Å². The monoisotopic (exact) mass is 382 g/mol. The van der Waals surface area contributed by atoms with Gasteiger partial charge in [0.05, 0.1) is 37.2 Å². The van der Waals surface area contributed by atoms with E-state index in [-0.39, 0.29) is 12.1 Å². The van der Waals surface area contributed by atoms with Crippen molar-refractivity contribution in [1.82, 2.24) is 19.8 Å². The van der Waals surface area contributed by atoms with Gasteiger partial charge in [0.25, 0.3) is 0 Å². The van der Waals surface area contributed by atoms with Crippen molar-refractivity contribution < 1.29 is 9.15 Å². The topological polar surface area (TPSA) is 55.5 Å². The highest BCUT2D eigenvalue weighted by Gasteiger charge is 2.41. The van der Waals surface area contributed by atoms with Crippen LogP contribution in [0.15, 0.2) is 65.5 Å². The van der Waals surface area contributed by atoms with Crippen molar-refractivity contribution in [3.63, 3.8) is 0 Å². The summed E-state index contributed by atoms with van der Waals surface area (Å²) in [5.74, 6) is 0.876. The Labute approximate surface area is 163 Å². The van der Waals surface area contributed by atoms with Crippen LogP contribution in [-0.2, 0) is 17.8 Å². The van der Waals surface area contributed by atoms with Crippen LogP contribution >= 0.6 is 12.2 Å². The molecule has 1 aliphatic rings. The molecule has 6 nitrogen and oxygen atoms in total. The van der Waals surface area contributed by atoms with Crippen LogP contribution in [0, 0.1) is 0 Å². The lowest BCUT2D eigenvalue weighted by molar-refractivity contribution is 0.183. The number of rotatable bonds is 7. The normalized spacial score (nSPS) is 19.4. The van der Waals surface area contributed by atoms with Gasteiger partial charge in [0.2, 0.25) is 0 Å². The third-order valence-corrected chi connectivity index (χ3v) is 5.16. The zero-order valence-corrected chi connectivity index (χ0v) is 15.9. The molecule has 0 aliphatic carbocycles. The van der Waals surface area contributed by atoms with Crippen molar-refractivity contribution in [2.45, 2.75) is 25.2 Å². The quantitative estimate of drug-likeness (QED) is 0.633. The van der Waals surface area contributed by atoms with Crippen molar-refractivity contribution in [3.8, 4) is 0 Å². The van der Waals surface area contributed by atoms with E-state index in [1.54, 1.807) is 13.4 Å². The second-order valence-corrected chi connectivity index (χ2v) is 6.84. The Kier molecular flexibility index (Phi) is 5.22. The summed E-state index contributed by atoms with van der Waals surface area (Å²) in [5.41, 5.74) is 2.13. The summed E-state index contributed by atoms with van der Waals surface area (Å²) in [6, 6.07) is 14.0. The Hall–Kier alpha value is -2.64. The van der Waals surface area contributed by atoms with Gasteiger partial charge in [-0.05, 0) is 48.6 Å². The van der Waals surface area contributed by atoms with Crippen molar-refractivity contribution in [3.05, 3.63) is 78.3 Å². The Balaban J connectivity index is 1.72. The lowest BCUT2D eigenvalue weighted by Crippen LogP contribution is -2.30. The maximum absolute atomic E-state index is 5.68. The first-order valence-electron chi connectivity index (χ1n) is 8.92. The highest BCUT2D eigenvalue weighted by Crippen LogP contribution is 2.39. The molecule has 4 heterocycles. The number of aromatic nitrogens is 2. The molecule has 0 aromatic carbocycles. The summed E-state index contributed by atoms with van der Waals surface area (Å²) in [6.45, 7) is 2.03. The van der Waals surface area contributed by atoms with E-state index in [0.717, 1.165) is 18.0 Å². The summed E-state index contributed by atoms with van der Waals surface area (Å²) in [7, 11) is 1.72. The molecule has 1 saturated heterocycles. The fourth-order valence-electron chi connectivity index (χ4n) is 3.56. The van der Waals surface area contributed by atoms with Crippen LogP contribution in [0.1, 0.15) is 29.2 Å². The maximum atomic E-state index is 5.68. The molecule has 0 amide bonds. The van der Waals surface area contributed by atoms with Gasteiger partial charge in [-0.2, -0.15) is 0 Å². The molecule has 0 radical (unpaired) electrons. The van der Waals surface area contributed by atoms with E-state index < -0.39 is 0 Å². The zero-order valence-electron chi connectivity index (χ0n) is 15.1. The summed E-state index contributed by atoms with van der Waals surface area (Å²) in [5, 5.41) is 4.16. The summed E-state index contributed by atoms with van der Waals surface area (Å²) < 4.78 is 13.1. The molecule has 27 heavy (non-hydrogen) atoms. The average Bonchev–Trinajstić information content (AvgIpc) is 3.42. The van der Waals surface area contributed by atoms with Crippen molar-refractivity contribution in [2.75, 3.05) is 13.7 Å². The number of hydrogen-bond donors (Lipinski definition) is 1. The molecule has 4 rings (SSSR count). The van der Waals surface area contributed by atoms with E-state index in [0.29, 0.717) is 18.3 Å². The molecular weight excluding hydrogens is 360 g/mol. The highest BCUT2D eigenvalue weighted by atomic mass is 32.1. The molecule has 2 atom stereocenters. The van der Waals surface area contributed by atoms with E-state index in [1.807, 2.05) is 36.5 Å². The van der Waals surface area contributed by atoms with Gasteiger partial charge in [0.1, 0.15) is 5.76 Å². The Morgan fingerprint density at radius 3 is 2.89 bits per heavy atom. The molecule has 7 heteroatoms. The second kappa shape index (κ2) is 7.94. The highest BCUT2D eigenvalue weighted by molar-refractivity contribution is 7.80. The van der Waals surface area contributed by atoms with Gasteiger partial charge in [0, 0.05) is 31.7 Å². The van der Waals surface area contributed by atoms with E-state index in [4.69, 9.17) is 21.4 Å². The molecule has 3 aromatic rings. The molecular formula is C20H22N4O2S. The summed E-state index contributed by atoms with van der Waals surface area (Å²) in [6.07, 6.45) is 5.58. The number of nitrogens with zero attached hydrogens (tertiary/aromatic N) is 3. The van der Waals surface area contributed by atoms with Crippen LogP contribution in [0.25, 0.3) is 0 Å². The molecule has 1 fully saturated rings. The van der Waals surface area contributed by atoms with Gasteiger partial charge in [-0.1, -0.05) is 6.07 Å². The fraction of sp³-hybridized carbons (Fsp3) is 0.300. The molecule has 1 N–H and O–H groups in total. The third-order valence-electron chi connectivity index (χ3n) is 4.81. The zero-order chi connectivity index (χ0) is 18.6. The Bertz CT molecular complexity index is 879. The SMILES string of the molecule is COCCn1cccc1[C@H]1[C@@H](c2ccccn2)NC(=S)N1Cc1ccco1. The van der Waals surface area contributed by atoms with Gasteiger partial charge < -0.3 is 23.9 Å². The summed E-state index contributed by atoms with van der Waals surface area (Å²) in [4.78, 5) is 6.75. The van der Waals surface area contributed by atoms with Crippen molar-refractivity contribution in [1.29, 1.82) is 0 Å². The molecule has 0 unspecified atom stereocenters. The molecule has 1 aliphatic heterocycles. The van der Waals surface area contributed by atoms with Gasteiger partial charge in [-0.3, -0.25) is 4.98 Å². The largest absolute Gasteiger partial charge is 0.467 e. The predicted molar refractivity (Wildman–Crippen MR) is 106 cm³/mol. The maximum Gasteiger partial charge on any atom is 0.170 e. The molecule has 0 bridgehead atoms. The second-order valence-electron chi connectivity index (χ2n) is 6.45. The first-order valence-corrected chi connectivity index (χ1v) is 9.33.